The topological polar surface area (TPSA) is 51.8 Å². The predicted octanol–water partition coefficient (Wildman–Crippen LogP) is 17.0. The highest BCUT2D eigenvalue weighted by atomic mass is 16.3. The Morgan fingerprint density at radius 2 is 0.701 bits per heavy atom. The third-order valence-corrected chi connectivity index (χ3v) is 13.6. The summed E-state index contributed by atoms with van der Waals surface area (Å²) < 4.78 is 6.28. The number of benzene rings is 11. The fourth-order valence-electron chi connectivity index (χ4n) is 10.5. The van der Waals surface area contributed by atoms with Crippen LogP contribution in [0.25, 0.3) is 143 Å². The normalized spacial score (nSPS) is 11.9. The molecule has 0 spiro atoms. The van der Waals surface area contributed by atoms with Crippen LogP contribution < -0.4 is 0 Å². The molecule has 0 N–H and O–H groups in total. The van der Waals surface area contributed by atoms with Gasteiger partial charge in [0.1, 0.15) is 11.3 Å². The summed E-state index contributed by atoms with van der Waals surface area (Å²) in [5.74, 6) is 2.60. The molecule has 4 heteroatoms. The van der Waals surface area contributed by atoms with Gasteiger partial charge in [-0.15, -0.1) is 0 Å². The summed E-state index contributed by atoms with van der Waals surface area (Å²) >= 11 is 0. The molecule has 14 aromatic rings. The van der Waals surface area contributed by atoms with Gasteiger partial charge in [-0.25, -0.2) is 15.0 Å². The van der Waals surface area contributed by atoms with Crippen molar-refractivity contribution in [2.24, 2.45) is 0 Å². The number of fused-ring (bicyclic) bond motifs is 3. The van der Waals surface area contributed by atoms with Gasteiger partial charge in [0, 0.05) is 27.6 Å². The lowest BCUT2D eigenvalue weighted by Gasteiger charge is -2.18. The molecule has 0 aliphatic heterocycles. The van der Waals surface area contributed by atoms with Crippen molar-refractivity contribution in [3.8, 4) is 67.7 Å². The van der Waals surface area contributed by atoms with Gasteiger partial charge in [-0.3, -0.25) is 0 Å². The van der Waals surface area contributed by atoms with E-state index in [0.29, 0.717) is 17.5 Å². The van der Waals surface area contributed by atoms with Gasteiger partial charge >= 0.3 is 0 Å². The van der Waals surface area contributed by atoms with Crippen LogP contribution in [0.2, 0.25) is 0 Å². The van der Waals surface area contributed by atoms with Crippen molar-refractivity contribution in [1.29, 1.82) is 0 Å². The van der Waals surface area contributed by atoms with Crippen LogP contribution in [0.15, 0.2) is 229 Å². The first kappa shape index (κ1) is 37.4. The minimum absolute atomic E-state index is 0.591. The Balaban J connectivity index is 0.947. The van der Waals surface area contributed by atoms with E-state index in [1.807, 2.05) is 54.6 Å². The van der Waals surface area contributed by atoms with E-state index in [2.05, 4.69) is 170 Å². The number of hydrogen-bond donors (Lipinski definition) is 0. The number of para-hydroxylation sites is 1. The molecular weight excluding hydrogens is 815 g/mol. The van der Waals surface area contributed by atoms with Gasteiger partial charge < -0.3 is 4.42 Å². The van der Waals surface area contributed by atoms with Crippen LogP contribution in [0.4, 0.5) is 0 Å². The molecule has 0 radical (unpaired) electrons. The Hall–Kier alpha value is -8.99. The lowest BCUT2D eigenvalue weighted by atomic mass is 9.85. The molecule has 12 aromatic carbocycles. The summed E-state index contributed by atoms with van der Waals surface area (Å²) in [7, 11) is 0. The highest BCUT2D eigenvalue weighted by molar-refractivity contribution is 6.37. The van der Waals surface area contributed by atoms with E-state index in [-0.39, 0.29) is 0 Å². The number of aromatic nitrogens is 3. The zero-order valence-electron chi connectivity index (χ0n) is 36.1. The summed E-state index contributed by atoms with van der Waals surface area (Å²) in [4.78, 5) is 15.4. The van der Waals surface area contributed by atoms with E-state index >= 15 is 0 Å². The standard InChI is InChI=1S/C63H37N3O/c1-2-13-41(14-3-1)61-64-62(66-63(65-61)47-22-9-20-43(34-47)56-37-44-15-4-7-28-55(44)67-56)46-21-8-19-42(33-46)49-23-5-6-24-50(49)48-35-45-32-31-40-17-11-26-52-51-25-10-16-38-29-30-39-18-12-27-53(59(39)57(38)51)54(36-48)60(45)58(40)52/h1-37H. The van der Waals surface area contributed by atoms with Crippen molar-refractivity contribution >= 4 is 75.6 Å². The Labute approximate surface area is 385 Å². The monoisotopic (exact) mass is 851 g/mol. The maximum Gasteiger partial charge on any atom is 0.164 e. The molecule has 2 aromatic heterocycles. The lowest BCUT2D eigenvalue weighted by molar-refractivity contribution is 0.631. The Morgan fingerprint density at radius 3 is 1.34 bits per heavy atom. The molecule has 0 amide bonds. The molecule has 0 unspecified atom stereocenters. The SMILES string of the molecule is c1ccc(-c2nc(-c3cccc(-c4cc5ccccc5o4)c3)nc(-c3cccc(-c4ccccc4-c4cc5ccc6cccc7c8cccc9ccc%10cccc(c(c4)c5c67)c%10c98)c3)n2)cc1. The third kappa shape index (κ3) is 6.04. The molecular formula is C63H37N3O. The summed E-state index contributed by atoms with van der Waals surface area (Å²) in [5.41, 5.74) is 9.04. The van der Waals surface area contributed by atoms with Crippen LogP contribution >= 0.6 is 0 Å². The predicted molar refractivity (Wildman–Crippen MR) is 278 cm³/mol. The molecule has 0 saturated heterocycles. The lowest BCUT2D eigenvalue weighted by Crippen LogP contribution is -2.00. The second-order valence-electron chi connectivity index (χ2n) is 17.5. The van der Waals surface area contributed by atoms with Crippen LogP contribution in [0.5, 0.6) is 0 Å². The van der Waals surface area contributed by atoms with Crippen LogP contribution in [-0.2, 0) is 0 Å². The first-order valence-corrected chi connectivity index (χ1v) is 22.7. The van der Waals surface area contributed by atoms with E-state index in [1.54, 1.807) is 0 Å². The van der Waals surface area contributed by atoms with Crippen LogP contribution in [0.1, 0.15) is 0 Å². The van der Waals surface area contributed by atoms with Gasteiger partial charge in [0.25, 0.3) is 0 Å². The molecule has 0 aliphatic rings. The van der Waals surface area contributed by atoms with Gasteiger partial charge in [-0.2, -0.15) is 0 Å². The molecule has 4 nitrogen and oxygen atoms in total. The fourth-order valence-corrected chi connectivity index (χ4v) is 10.5. The number of furan rings is 1. The second kappa shape index (κ2) is 14.8. The molecule has 67 heavy (non-hydrogen) atoms. The van der Waals surface area contributed by atoms with Crippen molar-refractivity contribution < 1.29 is 4.42 Å². The Morgan fingerprint density at radius 1 is 0.254 bits per heavy atom. The van der Waals surface area contributed by atoms with Gasteiger partial charge in [0.05, 0.1) is 0 Å². The molecule has 14 rings (SSSR count). The molecule has 0 atom stereocenters. The number of nitrogens with zero attached hydrogens (tertiary/aromatic N) is 3. The van der Waals surface area contributed by atoms with Crippen LogP contribution in [0, 0.1) is 0 Å². The smallest absolute Gasteiger partial charge is 0.164 e. The maximum atomic E-state index is 6.28. The Kier molecular flexibility index (Phi) is 8.25. The van der Waals surface area contributed by atoms with E-state index < -0.39 is 0 Å². The number of rotatable bonds is 6. The quantitative estimate of drug-likeness (QED) is 0.156. The minimum Gasteiger partial charge on any atom is -0.456 e. The minimum atomic E-state index is 0.591. The molecule has 0 bridgehead atoms. The van der Waals surface area contributed by atoms with Gasteiger partial charge in [0.2, 0.25) is 0 Å². The van der Waals surface area contributed by atoms with E-state index in [9.17, 15) is 0 Å². The van der Waals surface area contributed by atoms with Crippen LogP contribution in [-0.4, -0.2) is 15.0 Å². The molecule has 310 valence electrons. The van der Waals surface area contributed by atoms with Crippen molar-refractivity contribution in [3.63, 3.8) is 0 Å². The molecule has 0 aliphatic carbocycles. The van der Waals surface area contributed by atoms with Crippen molar-refractivity contribution in [2.75, 3.05) is 0 Å². The van der Waals surface area contributed by atoms with E-state index in [1.165, 1.54) is 64.6 Å². The molecule has 2 heterocycles. The van der Waals surface area contributed by atoms with Gasteiger partial charge in [0.15, 0.2) is 17.5 Å². The third-order valence-electron chi connectivity index (χ3n) is 13.6. The van der Waals surface area contributed by atoms with Gasteiger partial charge in [-0.05, 0) is 123 Å². The summed E-state index contributed by atoms with van der Waals surface area (Å²) in [6.45, 7) is 0. The average molecular weight is 852 g/mol. The maximum absolute atomic E-state index is 6.28. The van der Waals surface area contributed by atoms with Crippen molar-refractivity contribution in [2.45, 2.75) is 0 Å². The van der Waals surface area contributed by atoms with Gasteiger partial charge in [-0.1, -0.05) is 188 Å². The van der Waals surface area contributed by atoms with Crippen LogP contribution in [0.3, 0.4) is 0 Å². The summed E-state index contributed by atoms with van der Waals surface area (Å²) in [6.07, 6.45) is 0. The average Bonchev–Trinajstić information content (AvgIpc) is 3.84. The van der Waals surface area contributed by atoms with Crippen molar-refractivity contribution in [3.05, 3.63) is 224 Å². The molecule has 0 fully saturated rings. The van der Waals surface area contributed by atoms with Crippen molar-refractivity contribution in [1.82, 2.24) is 15.0 Å². The fraction of sp³-hybridized carbons (Fsp3) is 0. The summed E-state index contributed by atoms with van der Waals surface area (Å²) in [5, 5.41) is 16.3. The second-order valence-corrected chi connectivity index (χ2v) is 17.5. The Bertz CT molecular complexity index is 4240. The van der Waals surface area contributed by atoms with E-state index in [4.69, 9.17) is 19.4 Å². The highest BCUT2D eigenvalue weighted by Gasteiger charge is 2.19. The first-order chi connectivity index (χ1) is 33.2. The highest BCUT2D eigenvalue weighted by Crippen LogP contribution is 2.45. The largest absolute Gasteiger partial charge is 0.456 e. The summed E-state index contributed by atoms with van der Waals surface area (Å²) in [6, 6.07) is 80.2. The first-order valence-electron chi connectivity index (χ1n) is 22.7. The van der Waals surface area contributed by atoms with E-state index in [0.717, 1.165) is 61.2 Å². The number of hydrogen-bond acceptors (Lipinski definition) is 4. The zero-order valence-corrected chi connectivity index (χ0v) is 36.1. The molecule has 0 saturated carbocycles. The zero-order chi connectivity index (χ0) is 44.0.